The van der Waals surface area contributed by atoms with Crippen LogP contribution in [-0.2, 0) is 11.3 Å². The van der Waals surface area contributed by atoms with Crippen molar-refractivity contribution in [3.05, 3.63) is 59.3 Å². The van der Waals surface area contributed by atoms with Crippen LogP contribution in [0.25, 0.3) is 5.76 Å². The molecule has 4 amide bonds. The number of aliphatic hydroxyl groups is 1. The fraction of sp³-hybridized carbons (Fsp3) is 0.182. The van der Waals surface area contributed by atoms with Gasteiger partial charge in [-0.15, -0.1) is 0 Å². The van der Waals surface area contributed by atoms with Crippen molar-refractivity contribution < 1.29 is 24.2 Å². The number of aromatic nitrogens is 1. The van der Waals surface area contributed by atoms with Gasteiger partial charge in [-0.25, -0.2) is 9.78 Å². The number of nitrogens with zero attached hydrogens (tertiary/aromatic N) is 2. The molecule has 0 aliphatic carbocycles. The minimum atomic E-state index is -1.67. The molecule has 32 heavy (non-hydrogen) atoms. The van der Waals surface area contributed by atoms with Crippen LogP contribution in [0.1, 0.15) is 27.0 Å². The highest BCUT2D eigenvalue weighted by Gasteiger charge is 2.48. The van der Waals surface area contributed by atoms with E-state index in [1.54, 1.807) is 18.2 Å². The summed E-state index contributed by atoms with van der Waals surface area (Å²) in [7, 11) is 1.51. The topological polar surface area (TPSA) is 147 Å². The van der Waals surface area contributed by atoms with E-state index in [2.05, 4.69) is 34.0 Å². The number of ether oxygens (including phenoxy) is 1. The molecule has 1 atom stereocenters. The number of anilines is 1. The molecule has 10 heteroatoms. The first kappa shape index (κ1) is 20.7. The van der Waals surface area contributed by atoms with E-state index in [1.807, 2.05) is 0 Å². The Bertz CT molecular complexity index is 1250. The zero-order chi connectivity index (χ0) is 23.0. The Morgan fingerprint density at radius 1 is 1.38 bits per heavy atom. The first-order valence-corrected chi connectivity index (χ1v) is 9.49. The smallest absolute Gasteiger partial charge is 0.323 e. The van der Waals surface area contributed by atoms with E-state index in [1.165, 1.54) is 24.3 Å². The third-order valence-electron chi connectivity index (χ3n) is 5.22. The normalized spacial score (nSPS) is 19.0. The molecule has 0 radical (unpaired) electrons. The van der Waals surface area contributed by atoms with Gasteiger partial charge in [-0.3, -0.25) is 14.9 Å². The molecule has 0 spiro atoms. The average molecular weight is 433 g/mol. The van der Waals surface area contributed by atoms with Crippen LogP contribution in [0.2, 0.25) is 0 Å². The number of nitrogens with two attached hydrogens (primary N) is 1. The molecule has 2 aliphatic heterocycles. The van der Waals surface area contributed by atoms with E-state index >= 15 is 0 Å². The molecule has 1 fully saturated rings. The first-order valence-electron chi connectivity index (χ1n) is 9.49. The lowest BCUT2D eigenvalue weighted by Crippen LogP contribution is -2.54. The van der Waals surface area contributed by atoms with Gasteiger partial charge in [0.05, 0.1) is 19.2 Å². The summed E-state index contributed by atoms with van der Waals surface area (Å²) in [5.74, 6) is 4.89. The summed E-state index contributed by atoms with van der Waals surface area (Å²) in [6.07, 6.45) is 1.36. The van der Waals surface area contributed by atoms with E-state index in [-0.39, 0.29) is 36.1 Å². The van der Waals surface area contributed by atoms with Gasteiger partial charge < -0.3 is 25.8 Å². The number of aliphatic hydroxyl groups excluding tert-OH is 1. The molecule has 1 aromatic carbocycles. The molecule has 4 rings (SSSR count). The molecule has 1 aromatic heterocycles. The van der Waals surface area contributed by atoms with Crippen LogP contribution < -0.4 is 21.1 Å². The van der Waals surface area contributed by atoms with E-state index in [4.69, 9.17) is 10.5 Å². The molecule has 2 aliphatic rings. The number of benzene rings is 1. The van der Waals surface area contributed by atoms with E-state index < -0.39 is 17.5 Å². The lowest BCUT2D eigenvalue weighted by atomic mass is 9.99. The number of urea groups is 1. The number of carbonyl (C=O) groups is 3. The maximum Gasteiger partial charge on any atom is 0.323 e. The van der Waals surface area contributed by atoms with Crippen LogP contribution in [0, 0.1) is 11.8 Å². The molecular weight excluding hydrogens is 414 g/mol. The predicted octanol–water partition coefficient (Wildman–Crippen LogP) is 0.787. The second-order valence-electron chi connectivity index (χ2n) is 7.35. The number of imide groups is 1. The molecule has 10 nitrogen and oxygen atoms in total. The van der Waals surface area contributed by atoms with Crippen molar-refractivity contribution in [2.45, 2.75) is 12.1 Å². The van der Waals surface area contributed by atoms with Crippen molar-refractivity contribution >= 4 is 29.4 Å². The standard InChI is InChI=1S/C22H19N5O5/c1-12(28)16-7-13(9-24-18(16)23)5-6-22(20(30)25-21(31)26-22)11-27-10-14-3-4-15(32-2)8-17(14)19(27)29/h3-4,7-9,28H,1,10-11H2,2H3,(H2,23,24)(H2,25,26,30,31)/t22-/m0/s1. The number of hydrogen-bond donors (Lipinski definition) is 4. The summed E-state index contributed by atoms with van der Waals surface area (Å²) in [5.41, 5.74) is 5.81. The Morgan fingerprint density at radius 3 is 2.81 bits per heavy atom. The van der Waals surface area contributed by atoms with Gasteiger partial charge in [0.1, 0.15) is 17.3 Å². The number of carbonyl (C=O) groups excluding carboxylic acids is 3. The average Bonchev–Trinajstić information content (AvgIpc) is 3.22. The van der Waals surface area contributed by atoms with Crippen molar-refractivity contribution in [3.8, 4) is 17.6 Å². The van der Waals surface area contributed by atoms with Crippen molar-refractivity contribution in [1.82, 2.24) is 20.5 Å². The third-order valence-corrected chi connectivity index (χ3v) is 5.22. The fourth-order valence-electron chi connectivity index (χ4n) is 3.57. The van der Waals surface area contributed by atoms with Crippen LogP contribution in [0.4, 0.5) is 10.6 Å². The number of pyridine rings is 1. The number of nitrogen functional groups attached to an aromatic ring is 1. The van der Waals surface area contributed by atoms with Crippen molar-refractivity contribution in [2.24, 2.45) is 0 Å². The molecule has 162 valence electrons. The van der Waals surface area contributed by atoms with Crippen LogP contribution >= 0.6 is 0 Å². The Labute approximate surface area is 183 Å². The Kier molecular flexibility index (Phi) is 4.94. The van der Waals surface area contributed by atoms with Gasteiger partial charge in [-0.2, -0.15) is 0 Å². The van der Waals surface area contributed by atoms with Gasteiger partial charge in [-0.05, 0) is 23.8 Å². The Hall–Kier alpha value is -4.52. The van der Waals surface area contributed by atoms with E-state index in [0.29, 0.717) is 16.9 Å². The second kappa shape index (κ2) is 7.63. The van der Waals surface area contributed by atoms with Crippen molar-refractivity contribution in [3.63, 3.8) is 0 Å². The third kappa shape index (κ3) is 3.56. The number of rotatable bonds is 4. The highest BCUT2D eigenvalue weighted by atomic mass is 16.5. The predicted molar refractivity (Wildman–Crippen MR) is 114 cm³/mol. The maximum absolute atomic E-state index is 12.9. The van der Waals surface area contributed by atoms with Crippen LogP contribution in [0.5, 0.6) is 5.75 Å². The highest BCUT2D eigenvalue weighted by Crippen LogP contribution is 2.28. The van der Waals surface area contributed by atoms with E-state index in [0.717, 1.165) is 5.56 Å². The summed E-state index contributed by atoms with van der Waals surface area (Å²) < 4.78 is 5.18. The fourth-order valence-corrected chi connectivity index (χ4v) is 3.57. The highest BCUT2D eigenvalue weighted by molar-refractivity contribution is 6.10. The molecule has 3 heterocycles. The van der Waals surface area contributed by atoms with Gasteiger partial charge in [0.25, 0.3) is 11.8 Å². The Balaban J connectivity index is 1.67. The molecule has 5 N–H and O–H groups in total. The summed E-state index contributed by atoms with van der Waals surface area (Å²) in [6.45, 7) is 3.50. The van der Waals surface area contributed by atoms with Crippen molar-refractivity contribution in [1.29, 1.82) is 0 Å². The monoisotopic (exact) mass is 433 g/mol. The van der Waals surface area contributed by atoms with Gasteiger partial charge in [0.2, 0.25) is 5.54 Å². The summed E-state index contributed by atoms with van der Waals surface area (Å²) >= 11 is 0. The number of amides is 4. The van der Waals surface area contributed by atoms with Gasteiger partial charge >= 0.3 is 6.03 Å². The van der Waals surface area contributed by atoms with Gasteiger partial charge in [0, 0.05) is 23.9 Å². The minimum absolute atomic E-state index is 0.0699. The molecule has 1 saturated heterocycles. The summed E-state index contributed by atoms with van der Waals surface area (Å²) in [5, 5.41) is 14.3. The van der Waals surface area contributed by atoms with Crippen LogP contribution in [0.3, 0.4) is 0 Å². The number of nitrogens with one attached hydrogen (secondary N) is 2. The number of methoxy groups -OCH3 is 1. The summed E-state index contributed by atoms with van der Waals surface area (Å²) in [4.78, 5) is 42.9. The largest absolute Gasteiger partial charge is 0.508 e. The molecule has 0 unspecified atom stereocenters. The molecule has 0 saturated carbocycles. The van der Waals surface area contributed by atoms with Crippen LogP contribution in [-0.4, -0.2) is 52.0 Å². The first-order chi connectivity index (χ1) is 15.2. The lowest BCUT2D eigenvalue weighted by molar-refractivity contribution is -0.122. The summed E-state index contributed by atoms with van der Waals surface area (Å²) in [6, 6.07) is 5.90. The zero-order valence-electron chi connectivity index (χ0n) is 17.1. The Morgan fingerprint density at radius 2 is 2.16 bits per heavy atom. The molecule has 2 aromatic rings. The maximum atomic E-state index is 12.9. The lowest BCUT2D eigenvalue weighted by Gasteiger charge is -2.26. The minimum Gasteiger partial charge on any atom is -0.508 e. The van der Waals surface area contributed by atoms with E-state index in [9.17, 15) is 19.5 Å². The second-order valence-corrected chi connectivity index (χ2v) is 7.35. The zero-order valence-corrected chi connectivity index (χ0v) is 17.1. The molecule has 0 bridgehead atoms. The molecular formula is C22H19N5O5. The quantitative estimate of drug-likeness (QED) is 0.317. The van der Waals surface area contributed by atoms with Crippen molar-refractivity contribution in [2.75, 3.05) is 19.4 Å². The SMILES string of the molecule is C=C(O)c1cc(C#C[C@@]2(CN3Cc4ccc(OC)cc4C3=O)NC(=O)NC2=O)cnc1N. The number of hydrogen-bond acceptors (Lipinski definition) is 7. The number of fused-ring (bicyclic) bond motifs is 1. The van der Waals surface area contributed by atoms with Gasteiger partial charge in [-0.1, -0.05) is 24.5 Å². The van der Waals surface area contributed by atoms with Crippen LogP contribution in [0.15, 0.2) is 37.0 Å². The van der Waals surface area contributed by atoms with Gasteiger partial charge in [0.15, 0.2) is 0 Å².